The van der Waals surface area contributed by atoms with E-state index in [0.717, 1.165) is 48.6 Å². The standard InChI is InChI=1S/C16H24BrNO.ClH/c1-2-4-14-11-15(17)6-7-16(14)19-10-8-13-5-3-9-18-12-13;/h6-7,11,13,18H,2-5,8-10,12H2,1H3;1H. The number of benzene rings is 1. The van der Waals surface area contributed by atoms with Gasteiger partial charge < -0.3 is 10.1 Å². The molecule has 2 nitrogen and oxygen atoms in total. The molecule has 1 saturated heterocycles. The van der Waals surface area contributed by atoms with Gasteiger partial charge in [0.15, 0.2) is 0 Å². The Morgan fingerprint density at radius 1 is 1.40 bits per heavy atom. The number of aryl methyl sites for hydroxylation is 1. The van der Waals surface area contributed by atoms with E-state index >= 15 is 0 Å². The Hall–Kier alpha value is -0.250. The number of hydrogen-bond acceptors (Lipinski definition) is 2. The zero-order valence-electron chi connectivity index (χ0n) is 12.2. The van der Waals surface area contributed by atoms with Gasteiger partial charge in [-0.25, -0.2) is 0 Å². The minimum Gasteiger partial charge on any atom is -0.493 e. The van der Waals surface area contributed by atoms with Gasteiger partial charge in [-0.05, 0) is 68.5 Å². The van der Waals surface area contributed by atoms with Crippen LogP contribution in [0.2, 0.25) is 0 Å². The largest absolute Gasteiger partial charge is 0.493 e. The van der Waals surface area contributed by atoms with Crippen LogP contribution in [-0.4, -0.2) is 19.7 Å². The summed E-state index contributed by atoms with van der Waals surface area (Å²) in [5, 5.41) is 3.46. The molecule has 1 heterocycles. The third-order valence-corrected chi connectivity index (χ3v) is 4.22. The number of nitrogens with one attached hydrogen (secondary N) is 1. The molecule has 1 aromatic rings. The molecule has 1 fully saturated rings. The highest BCUT2D eigenvalue weighted by Gasteiger charge is 2.13. The summed E-state index contributed by atoms with van der Waals surface area (Å²) in [5.41, 5.74) is 1.32. The van der Waals surface area contributed by atoms with E-state index < -0.39 is 0 Å². The van der Waals surface area contributed by atoms with E-state index in [4.69, 9.17) is 4.74 Å². The zero-order chi connectivity index (χ0) is 13.5. The zero-order valence-corrected chi connectivity index (χ0v) is 14.6. The first-order chi connectivity index (χ1) is 9.29. The van der Waals surface area contributed by atoms with Gasteiger partial charge in [-0.2, -0.15) is 0 Å². The monoisotopic (exact) mass is 361 g/mol. The smallest absolute Gasteiger partial charge is 0.122 e. The molecular formula is C16H25BrClNO. The molecule has 1 atom stereocenters. The number of rotatable bonds is 6. The van der Waals surface area contributed by atoms with Gasteiger partial charge in [-0.1, -0.05) is 29.3 Å². The SMILES string of the molecule is CCCc1cc(Br)ccc1OCCC1CCCNC1.Cl. The van der Waals surface area contributed by atoms with Gasteiger partial charge in [0, 0.05) is 4.47 Å². The minimum absolute atomic E-state index is 0. The Balaban J connectivity index is 0.00000200. The molecule has 20 heavy (non-hydrogen) atoms. The van der Waals surface area contributed by atoms with Crippen molar-refractivity contribution in [1.29, 1.82) is 0 Å². The second-order valence-electron chi connectivity index (χ2n) is 5.35. The van der Waals surface area contributed by atoms with Crippen LogP contribution in [0.3, 0.4) is 0 Å². The van der Waals surface area contributed by atoms with Gasteiger partial charge in [-0.15, -0.1) is 12.4 Å². The van der Waals surface area contributed by atoms with Gasteiger partial charge in [0.1, 0.15) is 5.75 Å². The molecule has 0 bridgehead atoms. The van der Waals surface area contributed by atoms with Gasteiger partial charge >= 0.3 is 0 Å². The fourth-order valence-corrected chi connectivity index (χ4v) is 3.07. The molecule has 0 spiro atoms. The van der Waals surface area contributed by atoms with Crippen molar-refractivity contribution in [2.24, 2.45) is 5.92 Å². The van der Waals surface area contributed by atoms with E-state index in [1.54, 1.807) is 0 Å². The van der Waals surface area contributed by atoms with Crippen molar-refractivity contribution >= 4 is 28.3 Å². The van der Waals surface area contributed by atoms with Crippen molar-refractivity contribution in [2.75, 3.05) is 19.7 Å². The highest BCUT2D eigenvalue weighted by atomic mass is 79.9. The van der Waals surface area contributed by atoms with Gasteiger partial charge in [0.05, 0.1) is 6.61 Å². The first-order valence-corrected chi connectivity index (χ1v) is 8.21. The van der Waals surface area contributed by atoms with Crippen LogP contribution in [0.4, 0.5) is 0 Å². The van der Waals surface area contributed by atoms with Gasteiger partial charge in [-0.3, -0.25) is 0 Å². The molecule has 1 aliphatic heterocycles. The van der Waals surface area contributed by atoms with Crippen LogP contribution in [0.5, 0.6) is 5.75 Å². The summed E-state index contributed by atoms with van der Waals surface area (Å²) < 4.78 is 7.14. The van der Waals surface area contributed by atoms with Crippen molar-refractivity contribution in [1.82, 2.24) is 5.32 Å². The molecule has 0 aromatic heterocycles. The second kappa shape index (κ2) is 9.64. The highest BCUT2D eigenvalue weighted by molar-refractivity contribution is 9.10. The van der Waals surface area contributed by atoms with Crippen molar-refractivity contribution in [3.05, 3.63) is 28.2 Å². The van der Waals surface area contributed by atoms with Crippen LogP contribution < -0.4 is 10.1 Å². The summed E-state index contributed by atoms with van der Waals surface area (Å²) in [7, 11) is 0. The lowest BCUT2D eigenvalue weighted by Crippen LogP contribution is -2.30. The quantitative estimate of drug-likeness (QED) is 0.799. The third-order valence-electron chi connectivity index (χ3n) is 3.72. The summed E-state index contributed by atoms with van der Waals surface area (Å²) in [5.74, 6) is 1.85. The Bertz CT molecular complexity index is 394. The summed E-state index contributed by atoms with van der Waals surface area (Å²) in [6.45, 7) is 5.39. The second-order valence-corrected chi connectivity index (χ2v) is 6.27. The van der Waals surface area contributed by atoms with Crippen LogP contribution in [0, 0.1) is 5.92 Å². The fraction of sp³-hybridized carbons (Fsp3) is 0.625. The van der Waals surface area contributed by atoms with E-state index in [-0.39, 0.29) is 12.4 Å². The van der Waals surface area contributed by atoms with Crippen LogP contribution in [0.1, 0.15) is 38.2 Å². The Morgan fingerprint density at radius 2 is 2.25 bits per heavy atom. The first kappa shape index (κ1) is 17.8. The molecule has 0 saturated carbocycles. The fourth-order valence-electron chi connectivity index (χ4n) is 2.66. The summed E-state index contributed by atoms with van der Waals surface area (Å²) in [6, 6.07) is 6.34. The number of ether oxygens (including phenoxy) is 1. The maximum atomic E-state index is 6.00. The Morgan fingerprint density at radius 3 is 2.95 bits per heavy atom. The van der Waals surface area contributed by atoms with Crippen molar-refractivity contribution in [3.63, 3.8) is 0 Å². The van der Waals surface area contributed by atoms with E-state index in [9.17, 15) is 0 Å². The summed E-state index contributed by atoms with van der Waals surface area (Å²) in [6.07, 6.45) is 6.05. The van der Waals surface area contributed by atoms with Gasteiger partial charge in [0.2, 0.25) is 0 Å². The molecule has 114 valence electrons. The molecule has 0 radical (unpaired) electrons. The van der Waals surface area contributed by atoms with Crippen molar-refractivity contribution < 1.29 is 4.74 Å². The molecule has 0 amide bonds. The van der Waals surface area contributed by atoms with E-state index in [0.29, 0.717) is 0 Å². The van der Waals surface area contributed by atoms with E-state index in [1.807, 2.05) is 0 Å². The lowest BCUT2D eigenvalue weighted by Gasteiger charge is -2.22. The molecule has 1 aromatic carbocycles. The average molecular weight is 363 g/mol. The number of piperidine rings is 1. The normalized spacial score (nSPS) is 18.4. The molecule has 4 heteroatoms. The molecule has 2 rings (SSSR count). The molecule has 0 aliphatic carbocycles. The molecule has 1 aliphatic rings. The maximum absolute atomic E-state index is 6.00. The third kappa shape index (κ3) is 5.63. The summed E-state index contributed by atoms with van der Waals surface area (Å²) in [4.78, 5) is 0. The van der Waals surface area contributed by atoms with Crippen LogP contribution in [-0.2, 0) is 6.42 Å². The lowest BCUT2D eigenvalue weighted by molar-refractivity contribution is 0.252. The minimum atomic E-state index is 0. The molecule has 1 unspecified atom stereocenters. The first-order valence-electron chi connectivity index (χ1n) is 7.41. The number of halogens is 2. The lowest BCUT2D eigenvalue weighted by atomic mass is 9.97. The van der Waals surface area contributed by atoms with E-state index in [2.05, 4.69) is 46.4 Å². The van der Waals surface area contributed by atoms with Crippen LogP contribution in [0.25, 0.3) is 0 Å². The maximum Gasteiger partial charge on any atom is 0.122 e. The highest BCUT2D eigenvalue weighted by Crippen LogP contribution is 2.25. The van der Waals surface area contributed by atoms with Crippen LogP contribution in [0.15, 0.2) is 22.7 Å². The number of hydrogen-bond donors (Lipinski definition) is 1. The van der Waals surface area contributed by atoms with E-state index in [1.165, 1.54) is 24.9 Å². The molecule has 1 N–H and O–H groups in total. The Labute approximate surface area is 137 Å². The average Bonchev–Trinajstić information content (AvgIpc) is 2.43. The predicted molar refractivity (Wildman–Crippen MR) is 91.1 cm³/mol. The van der Waals surface area contributed by atoms with Crippen LogP contribution >= 0.6 is 28.3 Å². The topological polar surface area (TPSA) is 21.3 Å². The summed E-state index contributed by atoms with van der Waals surface area (Å²) >= 11 is 3.53. The van der Waals surface area contributed by atoms with Crippen molar-refractivity contribution in [2.45, 2.75) is 39.0 Å². The molecular weight excluding hydrogens is 338 g/mol. The van der Waals surface area contributed by atoms with Crippen molar-refractivity contribution in [3.8, 4) is 5.75 Å². The predicted octanol–water partition coefficient (Wildman–Crippen LogP) is 4.59. The Kier molecular flexibility index (Phi) is 8.58. The van der Waals surface area contributed by atoms with Gasteiger partial charge in [0.25, 0.3) is 0 Å².